The van der Waals surface area contributed by atoms with Gasteiger partial charge in [-0.1, -0.05) is 35.9 Å². The van der Waals surface area contributed by atoms with E-state index in [1.54, 1.807) is 13.8 Å². The van der Waals surface area contributed by atoms with Crippen molar-refractivity contribution in [3.05, 3.63) is 35.9 Å². The molecule has 1 rings (SSSR count). The van der Waals surface area contributed by atoms with Gasteiger partial charge in [0.2, 0.25) is 0 Å². The molecule has 0 fully saturated rings. The third-order valence-corrected chi connectivity index (χ3v) is 0.940. The van der Waals surface area contributed by atoms with Gasteiger partial charge in [0.25, 0.3) is 0 Å². The fraction of sp³-hybridized carbons (Fsp3) is 0.400. The molecular weight excluding hydrogens is 172 g/mol. The monoisotopic (exact) mass is 188 g/mol. The summed E-state index contributed by atoms with van der Waals surface area (Å²) in [7, 11) is 0. The Morgan fingerprint density at radius 2 is 1.42 bits per heavy atom. The van der Waals surface area contributed by atoms with Gasteiger partial charge in [0.15, 0.2) is 0 Å². The highest BCUT2D eigenvalue weighted by Crippen LogP contribution is 1.92. The van der Waals surface area contributed by atoms with Crippen LogP contribution in [0.4, 0.5) is 0 Å². The third-order valence-electron chi connectivity index (χ3n) is 0.940. The summed E-state index contributed by atoms with van der Waals surface area (Å²) in [6, 6.07) is 10.3. The standard InChI is InChI=1S/C7H8.C3H8O.ClH/c1-7-5-3-2-4-6-7;1-3(2)4;/h2-6H,1H3;3-4H,1-2H3;1H. The third kappa shape index (κ3) is 12.2. The molecule has 2 heteroatoms. The summed E-state index contributed by atoms with van der Waals surface area (Å²) >= 11 is 0. The molecule has 0 spiro atoms. The molecule has 1 aromatic rings. The Morgan fingerprint density at radius 3 is 1.58 bits per heavy atom. The number of halogens is 1. The summed E-state index contributed by atoms with van der Waals surface area (Å²) in [5, 5.41) is 8.06. The fourth-order valence-corrected chi connectivity index (χ4v) is 0.534. The van der Waals surface area contributed by atoms with E-state index in [2.05, 4.69) is 19.1 Å². The summed E-state index contributed by atoms with van der Waals surface area (Å²) in [4.78, 5) is 0. The van der Waals surface area contributed by atoms with Crippen molar-refractivity contribution in [2.75, 3.05) is 0 Å². The van der Waals surface area contributed by atoms with Gasteiger partial charge >= 0.3 is 0 Å². The first kappa shape index (κ1) is 14.0. The van der Waals surface area contributed by atoms with E-state index < -0.39 is 0 Å². The van der Waals surface area contributed by atoms with E-state index in [9.17, 15) is 0 Å². The molecule has 12 heavy (non-hydrogen) atoms. The average molecular weight is 189 g/mol. The van der Waals surface area contributed by atoms with Gasteiger partial charge in [0, 0.05) is 6.10 Å². The summed E-state index contributed by atoms with van der Waals surface area (Å²) in [5.74, 6) is 0. The molecule has 0 bridgehead atoms. The van der Waals surface area contributed by atoms with Gasteiger partial charge < -0.3 is 5.11 Å². The fourth-order valence-electron chi connectivity index (χ4n) is 0.534. The Balaban J connectivity index is 0. The van der Waals surface area contributed by atoms with E-state index in [-0.39, 0.29) is 18.5 Å². The lowest BCUT2D eigenvalue weighted by Crippen LogP contribution is -1.85. The van der Waals surface area contributed by atoms with Gasteiger partial charge in [-0.15, -0.1) is 12.4 Å². The molecule has 1 nitrogen and oxygen atoms in total. The summed E-state index contributed by atoms with van der Waals surface area (Å²) < 4.78 is 0. The SMILES string of the molecule is CC(C)O.Cc1ccccc1.Cl. The minimum atomic E-state index is -0.167. The first-order chi connectivity index (χ1) is 5.13. The van der Waals surface area contributed by atoms with Crippen molar-refractivity contribution in [1.82, 2.24) is 0 Å². The zero-order valence-electron chi connectivity index (χ0n) is 7.82. The smallest absolute Gasteiger partial charge is 0.0483 e. The van der Waals surface area contributed by atoms with Crippen molar-refractivity contribution in [2.24, 2.45) is 0 Å². The molecule has 0 aliphatic carbocycles. The minimum absolute atomic E-state index is 0. The molecule has 0 aliphatic rings. The molecule has 0 saturated heterocycles. The van der Waals surface area contributed by atoms with Crippen LogP contribution in [-0.2, 0) is 0 Å². The van der Waals surface area contributed by atoms with Gasteiger partial charge in [0.1, 0.15) is 0 Å². The van der Waals surface area contributed by atoms with E-state index >= 15 is 0 Å². The highest BCUT2D eigenvalue weighted by molar-refractivity contribution is 5.85. The molecular formula is C10H17ClO. The lowest BCUT2D eigenvalue weighted by molar-refractivity contribution is 0.216. The second-order valence-corrected chi connectivity index (χ2v) is 2.75. The number of rotatable bonds is 0. The number of aliphatic hydroxyl groups is 1. The van der Waals surface area contributed by atoms with E-state index in [1.165, 1.54) is 5.56 Å². The topological polar surface area (TPSA) is 20.2 Å². The van der Waals surface area contributed by atoms with Crippen LogP contribution in [0.15, 0.2) is 30.3 Å². The minimum Gasteiger partial charge on any atom is -0.394 e. The maximum absolute atomic E-state index is 8.06. The molecule has 0 aliphatic heterocycles. The number of hydrogen-bond acceptors (Lipinski definition) is 1. The number of aliphatic hydroxyl groups excluding tert-OH is 1. The predicted octanol–water partition coefficient (Wildman–Crippen LogP) is 2.80. The van der Waals surface area contributed by atoms with Crippen LogP contribution in [0.3, 0.4) is 0 Å². The van der Waals surface area contributed by atoms with Crippen LogP contribution >= 0.6 is 12.4 Å². The Hall–Kier alpha value is -0.530. The zero-order valence-corrected chi connectivity index (χ0v) is 8.64. The molecule has 0 saturated carbocycles. The van der Waals surface area contributed by atoms with Crippen molar-refractivity contribution in [3.8, 4) is 0 Å². The van der Waals surface area contributed by atoms with Crippen LogP contribution in [0, 0.1) is 6.92 Å². The van der Waals surface area contributed by atoms with Crippen LogP contribution in [-0.4, -0.2) is 11.2 Å². The number of aryl methyl sites for hydroxylation is 1. The quantitative estimate of drug-likeness (QED) is 0.664. The van der Waals surface area contributed by atoms with Crippen LogP contribution in [0.25, 0.3) is 0 Å². The van der Waals surface area contributed by atoms with Crippen LogP contribution in [0.1, 0.15) is 19.4 Å². The van der Waals surface area contributed by atoms with Gasteiger partial charge in [-0.25, -0.2) is 0 Å². The van der Waals surface area contributed by atoms with Crippen molar-refractivity contribution >= 4 is 12.4 Å². The second kappa shape index (κ2) is 8.57. The molecule has 0 aromatic heterocycles. The largest absolute Gasteiger partial charge is 0.394 e. The molecule has 0 atom stereocenters. The Bertz CT molecular complexity index is 170. The Labute approximate surface area is 80.8 Å². The highest BCUT2D eigenvalue weighted by Gasteiger charge is 1.72. The molecule has 0 unspecified atom stereocenters. The van der Waals surface area contributed by atoms with E-state index in [1.807, 2.05) is 18.2 Å². The van der Waals surface area contributed by atoms with Gasteiger partial charge in [-0.3, -0.25) is 0 Å². The van der Waals surface area contributed by atoms with Crippen molar-refractivity contribution in [3.63, 3.8) is 0 Å². The highest BCUT2D eigenvalue weighted by atomic mass is 35.5. The normalized spacial score (nSPS) is 8.08. The zero-order chi connectivity index (χ0) is 8.69. The van der Waals surface area contributed by atoms with E-state index in [4.69, 9.17) is 5.11 Å². The average Bonchev–Trinajstić information content (AvgIpc) is 1.87. The summed E-state index contributed by atoms with van der Waals surface area (Å²) in [6.07, 6.45) is -0.167. The molecule has 1 aromatic carbocycles. The van der Waals surface area contributed by atoms with Crippen LogP contribution in [0.5, 0.6) is 0 Å². The van der Waals surface area contributed by atoms with Gasteiger partial charge in [-0.2, -0.15) is 0 Å². The molecule has 70 valence electrons. The van der Waals surface area contributed by atoms with Crippen LogP contribution in [0.2, 0.25) is 0 Å². The van der Waals surface area contributed by atoms with Crippen molar-refractivity contribution < 1.29 is 5.11 Å². The molecule has 0 radical (unpaired) electrons. The summed E-state index contributed by atoms with van der Waals surface area (Å²) in [6.45, 7) is 5.53. The van der Waals surface area contributed by atoms with Gasteiger partial charge in [-0.05, 0) is 20.8 Å². The summed E-state index contributed by atoms with van der Waals surface area (Å²) in [5.41, 5.74) is 1.32. The lowest BCUT2D eigenvalue weighted by atomic mass is 10.2. The predicted molar refractivity (Wildman–Crippen MR) is 55.8 cm³/mol. The molecule has 0 heterocycles. The van der Waals surface area contributed by atoms with E-state index in [0.29, 0.717) is 0 Å². The first-order valence-corrected chi connectivity index (χ1v) is 3.82. The molecule has 0 amide bonds. The van der Waals surface area contributed by atoms with Gasteiger partial charge in [0.05, 0.1) is 0 Å². The maximum Gasteiger partial charge on any atom is 0.0483 e. The maximum atomic E-state index is 8.06. The lowest BCUT2D eigenvalue weighted by Gasteiger charge is -1.82. The van der Waals surface area contributed by atoms with Crippen molar-refractivity contribution in [1.29, 1.82) is 0 Å². The molecule has 1 N–H and O–H groups in total. The number of benzene rings is 1. The second-order valence-electron chi connectivity index (χ2n) is 2.75. The number of hydrogen-bond donors (Lipinski definition) is 1. The van der Waals surface area contributed by atoms with Crippen molar-refractivity contribution in [2.45, 2.75) is 26.9 Å². The Kier molecular flexibility index (Phi) is 10.0. The first-order valence-electron chi connectivity index (χ1n) is 3.82. The van der Waals surface area contributed by atoms with E-state index in [0.717, 1.165) is 0 Å². The van der Waals surface area contributed by atoms with Crippen LogP contribution < -0.4 is 0 Å². The Morgan fingerprint density at radius 1 is 1.08 bits per heavy atom.